The number of rotatable bonds is 4. The van der Waals surface area contributed by atoms with Gasteiger partial charge in [0.05, 0.1) is 19.3 Å². The number of nitrogens with one attached hydrogen (secondary N) is 2. The second-order valence-corrected chi connectivity index (χ2v) is 6.80. The predicted octanol–water partition coefficient (Wildman–Crippen LogP) is 4.00. The van der Waals surface area contributed by atoms with E-state index >= 15 is 0 Å². The fraction of sp³-hybridized carbons (Fsp3) is 0.174. The highest BCUT2D eigenvalue weighted by Crippen LogP contribution is 2.28. The molecule has 1 aromatic carbocycles. The first kappa shape index (κ1) is 21.0. The van der Waals surface area contributed by atoms with Crippen molar-refractivity contribution in [1.29, 1.82) is 0 Å². The molecule has 154 valence electrons. The molecule has 0 aliphatic carbocycles. The number of alkyl halides is 1. The van der Waals surface area contributed by atoms with E-state index in [1.807, 2.05) is 49.4 Å². The summed E-state index contributed by atoms with van der Waals surface area (Å²) in [7, 11) is 2.22. The highest BCUT2D eigenvalue weighted by molar-refractivity contribution is 5.95. The van der Waals surface area contributed by atoms with Crippen LogP contribution in [0.3, 0.4) is 0 Å². The first-order chi connectivity index (χ1) is 14.5. The summed E-state index contributed by atoms with van der Waals surface area (Å²) in [5.74, 6) is 0.361. The van der Waals surface area contributed by atoms with Gasteiger partial charge in [0.2, 0.25) is 5.91 Å². The van der Waals surface area contributed by atoms with Gasteiger partial charge in [0.15, 0.2) is 0 Å². The summed E-state index contributed by atoms with van der Waals surface area (Å²) in [5.41, 5.74) is 3.93. The first-order valence-corrected chi connectivity index (χ1v) is 9.39. The van der Waals surface area contributed by atoms with Crippen LogP contribution in [0, 0.1) is 6.92 Å². The first-order valence-electron chi connectivity index (χ1n) is 9.39. The van der Waals surface area contributed by atoms with Gasteiger partial charge in [-0.1, -0.05) is 36.4 Å². The molecule has 1 amide bonds. The normalized spacial score (nSPS) is 10.4. The number of pyridine rings is 2. The van der Waals surface area contributed by atoms with Crippen molar-refractivity contribution in [3.63, 3.8) is 0 Å². The molecule has 0 fully saturated rings. The number of amides is 1. The van der Waals surface area contributed by atoms with Crippen molar-refractivity contribution in [3.8, 4) is 11.3 Å². The molecule has 0 atom stereocenters. The number of H-pyrrole nitrogens is 1. The number of fused-ring (bicyclic) bond motifs is 1. The van der Waals surface area contributed by atoms with Gasteiger partial charge in [0.1, 0.15) is 11.3 Å². The number of benzene rings is 1. The van der Waals surface area contributed by atoms with Gasteiger partial charge in [-0.25, -0.2) is 4.98 Å². The summed E-state index contributed by atoms with van der Waals surface area (Å²) in [4.78, 5) is 32.3. The smallest absolute Gasteiger partial charge is 0.274 e. The Kier molecular flexibility index (Phi) is 6.41. The van der Waals surface area contributed by atoms with Crippen molar-refractivity contribution < 1.29 is 9.18 Å². The molecule has 0 unspecified atom stereocenters. The second-order valence-electron chi connectivity index (χ2n) is 6.80. The van der Waals surface area contributed by atoms with Crippen LogP contribution in [0.15, 0.2) is 65.7 Å². The number of anilines is 1. The SMILES string of the molecule is CF.Cc1ccc(NC(=O)Cc2ccccc2)nc1-c1cn(C)c(=O)c2[nH]ccc12. The van der Waals surface area contributed by atoms with Crippen molar-refractivity contribution in [1.82, 2.24) is 14.5 Å². The molecular weight excluding hydrogens is 383 g/mol. The van der Waals surface area contributed by atoms with Crippen molar-refractivity contribution in [2.45, 2.75) is 13.3 Å². The summed E-state index contributed by atoms with van der Waals surface area (Å²) in [5, 5.41) is 3.68. The standard InChI is InChI=1S/C22H20N4O2.CH3F/c1-14-8-9-18(24-19(27)12-15-6-4-3-5-7-15)25-20(14)17-13-26(2)22(28)21-16(17)10-11-23-21;1-2/h3-11,13,23H,12H2,1-2H3,(H,24,25,27);1H3. The van der Waals surface area contributed by atoms with E-state index in [1.165, 1.54) is 4.57 Å². The van der Waals surface area contributed by atoms with Crippen LogP contribution in [-0.4, -0.2) is 27.6 Å². The van der Waals surface area contributed by atoms with E-state index in [-0.39, 0.29) is 17.9 Å². The summed E-state index contributed by atoms with van der Waals surface area (Å²) in [6, 6.07) is 15.2. The molecule has 0 aliphatic heterocycles. The molecule has 4 rings (SSSR count). The van der Waals surface area contributed by atoms with Crippen LogP contribution in [0.4, 0.5) is 10.2 Å². The molecule has 0 saturated carbocycles. The molecule has 2 N–H and O–H groups in total. The Bertz CT molecular complexity index is 1230. The zero-order valence-electron chi connectivity index (χ0n) is 17.1. The van der Waals surface area contributed by atoms with Gasteiger partial charge in [0, 0.05) is 30.4 Å². The van der Waals surface area contributed by atoms with E-state index in [0.717, 1.165) is 27.8 Å². The number of halogens is 1. The quantitative estimate of drug-likeness (QED) is 0.538. The monoisotopic (exact) mass is 406 g/mol. The Balaban J connectivity index is 0.00000124. The Morgan fingerprint density at radius 3 is 2.60 bits per heavy atom. The number of hydrogen-bond donors (Lipinski definition) is 2. The van der Waals surface area contributed by atoms with Crippen LogP contribution >= 0.6 is 0 Å². The molecule has 3 aromatic heterocycles. The van der Waals surface area contributed by atoms with Gasteiger partial charge in [-0.3, -0.25) is 14.0 Å². The topological polar surface area (TPSA) is 79.8 Å². The maximum atomic E-state index is 12.4. The fourth-order valence-corrected chi connectivity index (χ4v) is 3.30. The number of aryl methyl sites for hydroxylation is 2. The minimum Gasteiger partial charge on any atom is -0.357 e. The van der Waals surface area contributed by atoms with Gasteiger partial charge in [-0.15, -0.1) is 0 Å². The number of aromatic nitrogens is 3. The summed E-state index contributed by atoms with van der Waals surface area (Å²) >= 11 is 0. The Morgan fingerprint density at radius 2 is 1.87 bits per heavy atom. The number of carbonyl (C=O) groups is 1. The summed E-state index contributed by atoms with van der Waals surface area (Å²) in [6.07, 6.45) is 3.81. The molecule has 0 radical (unpaired) electrons. The zero-order valence-corrected chi connectivity index (χ0v) is 17.1. The average molecular weight is 406 g/mol. The highest BCUT2D eigenvalue weighted by Gasteiger charge is 2.14. The van der Waals surface area contributed by atoms with Gasteiger partial charge >= 0.3 is 0 Å². The molecule has 3 heterocycles. The van der Waals surface area contributed by atoms with Crippen LogP contribution in [0.1, 0.15) is 11.1 Å². The summed E-state index contributed by atoms with van der Waals surface area (Å²) in [6.45, 7) is 1.96. The zero-order chi connectivity index (χ0) is 21.7. The van der Waals surface area contributed by atoms with Crippen molar-refractivity contribution in [2.75, 3.05) is 12.5 Å². The van der Waals surface area contributed by atoms with E-state index in [9.17, 15) is 14.0 Å². The molecule has 0 saturated heterocycles. The van der Waals surface area contributed by atoms with E-state index in [2.05, 4.69) is 15.3 Å². The number of aromatic amines is 1. The van der Waals surface area contributed by atoms with Crippen molar-refractivity contribution >= 4 is 22.6 Å². The molecule has 6 nitrogen and oxygen atoms in total. The third-order valence-corrected chi connectivity index (χ3v) is 4.72. The van der Waals surface area contributed by atoms with Crippen LogP contribution in [0.25, 0.3) is 22.2 Å². The molecule has 30 heavy (non-hydrogen) atoms. The van der Waals surface area contributed by atoms with E-state index in [1.54, 1.807) is 25.5 Å². The molecule has 0 aliphatic rings. The van der Waals surface area contributed by atoms with Crippen LogP contribution < -0.4 is 10.9 Å². The fourth-order valence-electron chi connectivity index (χ4n) is 3.30. The molecule has 7 heteroatoms. The summed E-state index contributed by atoms with van der Waals surface area (Å²) < 4.78 is 11.0. The van der Waals surface area contributed by atoms with Crippen LogP contribution in [0.2, 0.25) is 0 Å². The highest BCUT2D eigenvalue weighted by atomic mass is 19.1. The van der Waals surface area contributed by atoms with E-state index in [4.69, 9.17) is 0 Å². The third-order valence-electron chi connectivity index (χ3n) is 4.72. The van der Waals surface area contributed by atoms with Gasteiger partial charge in [0.25, 0.3) is 5.56 Å². The molecule has 0 bridgehead atoms. The maximum Gasteiger partial charge on any atom is 0.274 e. The number of carbonyl (C=O) groups excluding carboxylic acids is 1. The van der Waals surface area contributed by atoms with E-state index < -0.39 is 0 Å². The maximum absolute atomic E-state index is 12.4. The second kappa shape index (κ2) is 9.17. The van der Waals surface area contributed by atoms with Crippen molar-refractivity contribution in [3.05, 3.63) is 82.4 Å². The Hall–Kier alpha value is -3.74. The van der Waals surface area contributed by atoms with Gasteiger partial charge in [-0.2, -0.15) is 0 Å². The Morgan fingerprint density at radius 1 is 1.13 bits per heavy atom. The molecule has 4 aromatic rings. The Labute approximate surface area is 173 Å². The lowest BCUT2D eigenvalue weighted by Gasteiger charge is -2.12. The van der Waals surface area contributed by atoms with Gasteiger partial charge < -0.3 is 14.9 Å². The largest absolute Gasteiger partial charge is 0.357 e. The molecular formula is C23H23FN4O2. The minimum absolute atomic E-state index is 0.0891. The lowest BCUT2D eigenvalue weighted by Crippen LogP contribution is -2.17. The van der Waals surface area contributed by atoms with Crippen LogP contribution in [-0.2, 0) is 18.3 Å². The average Bonchev–Trinajstić information content (AvgIpc) is 3.25. The number of hydrogen-bond acceptors (Lipinski definition) is 3. The predicted molar refractivity (Wildman–Crippen MR) is 117 cm³/mol. The lowest BCUT2D eigenvalue weighted by molar-refractivity contribution is -0.115. The minimum atomic E-state index is -0.124. The molecule has 0 spiro atoms. The number of nitrogens with zero attached hydrogens (tertiary/aromatic N) is 2. The third kappa shape index (κ3) is 4.30. The lowest BCUT2D eigenvalue weighted by atomic mass is 10.0. The van der Waals surface area contributed by atoms with Crippen molar-refractivity contribution in [2.24, 2.45) is 7.05 Å². The van der Waals surface area contributed by atoms with Crippen LogP contribution in [0.5, 0.6) is 0 Å². The van der Waals surface area contributed by atoms with E-state index in [0.29, 0.717) is 18.5 Å². The van der Waals surface area contributed by atoms with Gasteiger partial charge in [-0.05, 0) is 30.2 Å².